The Morgan fingerprint density at radius 2 is 0.891 bits per heavy atom. The van der Waals surface area contributed by atoms with Crippen molar-refractivity contribution in [1.82, 2.24) is 29.9 Å². The van der Waals surface area contributed by atoms with Crippen LogP contribution in [0.3, 0.4) is 0 Å². The quantitative estimate of drug-likeness (QED) is 0.0248. The van der Waals surface area contributed by atoms with Gasteiger partial charge >= 0.3 is 0 Å². The Morgan fingerprint density at radius 3 is 1.22 bits per heavy atom. The number of nitrogens with zero attached hydrogens (tertiary/aromatic N) is 10. The molecule has 2 heterocycles. The van der Waals surface area contributed by atoms with Crippen LogP contribution in [0.25, 0.3) is 6.08 Å². The first kappa shape index (κ1) is 51.4. The van der Waals surface area contributed by atoms with Crippen LogP contribution in [0, 0.1) is 0 Å². The molecule has 1 aromatic carbocycles. The van der Waals surface area contributed by atoms with Crippen LogP contribution in [-0.2, 0) is 20.2 Å². The Bertz CT molecular complexity index is 2130. The Labute approximate surface area is 368 Å². The van der Waals surface area contributed by atoms with Gasteiger partial charge in [0.2, 0.25) is 35.7 Å². The summed E-state index contributed by atoms with van der Waals surface area (Å²) < 4.78 is 71.4. The highest BCUT2D eigenvalue weighted by Crippen LogP contribution is 2.35. The van der Waals surface area contributed by atoms with E-state index in [0.717, 1.165) is 12.1 Å². The monoisotopic (exact) mass is 942 g/mol. The van der Waals surface area contributed by atoms with Gasteiger partial charge in [0.25, 0.3) is 20.2 Å². The van der Waals surface area contributed by atoms with Gasteiger partial charge in [-0.3, -0.25) is 9.11 Å². The summed E-state index contributed by atoms with van der Waals surface area (Å²) in [5, 5.41) is 84.8. The molecule has 0 fully saturated rings. The SMILES string of the molecule is O=S(=O)(O)C1=CC(Nc2nc(N(CCO)CCO)nc(N(CCO)CCO)n2)(Nc2nc(N(CCO)CCO)nc(N(CCO)CCO)n2)CC=C1/C=C/c1ccccc1S(=O)(=O)O. The van der Waals surface area contributed by atoms with Crippen LogP contribution >= 0.6 is 0 Å². The zero-order valence-corrected chi connectivity index (χ0v) is 36.2. The second kappa shape index (κ2) is 24.2. The lowest BCUT2D eigenvalue weighted by Crippen LogP contribution is -2.47. The zero-order chi connectivity index (χ0) is 46.9. The van der Waals surface area contributed by atoms with Gasteiger partial charge in [0.1, 0.15) is 15.5 Å². The average molecular weight is 943 g/mol. The Kier molecular flexibility index (Phi) is 19.4. The lowest BCUT2D eigenvalue weighted by molar-refractivity contribution is 0.278. The van der Waals surface area contributed by atoms with E-state index in [4.69, 9.17) is 0 Å². The second-order valence-corrected chi connectivity index (χ2v) is 16.4. The summed E-state index contributed by atoms with van der Waals surface area (Å²) in [5.41, 5.74) is -2.17. The van der Waals surface area contributed by atoms with E-state index < -0.39 is 88.6 Å². The van der Waals surface area contributed by atoms with Gasteiger partial charge in [-0.25, -0.2) is 0 Å². The number of rotatable bonds is 28. The highest BCUT2D eigenvalue weighted by molar-refractivity contribution is 7.90. The van der Waals surface area contributed by atoms with Crippen LogP contribution in [0.2, 0.25) is 0 Å². The van der Waals surface area contributed by atoms with Gasteiger partial charge in [0, 0.05) is 58.8 Å². The molecule has 3 aromatic rings. The lowest BCUT2D eigenvalue weighted by atomic mass is 9.95. The van der Waals surface area contributed by atoms with Gasteiger partial charge in [0.05, 0.1) is 52.9 Å². The summed E-state index contributed by atoms with van der Waals surface area (Å²) in [4.78, 5) is 31.3. The number of aliphatic hydroxyl groups is 8. The fourth-order valence-electron chi connectivity index (χ4n) is 6.35. The fraction of sp³-hybridized carbons (Fsp3) is 0.500. The van der Waals surface area contributed by atoms with Crippen molar-refractivity contribution >= 4 is 62.0 Å². The van der Waals surface area contributed by atoms with Crippen LogP contribution in [0.15, 0.2) is 57.9 Å². The maximum absolute atomic E-state index is 13.3. The molecule has 0 saturated heterocycles. The number of allylic oxidation sites excluding steroid dienone is 2. The smallest absolute Gasteiger partial charge is 0.295 e. The average Bonchev–Trinajstić information content (AvgIpc) is 3.25. The number of hydrogen-bond donors (Lipinski definition) is 12. The summed E-state index contributed by atoms with van der Waals surface area (Å²) in [6.07, 6.45) is 4.47. The van der Waals surface area contributed by atoms with E-state index in [0.29, 0.717) is 0 Å². The molecule has 1 aliphatic carbocycles. The van der Waals surface area contributed by atoms with E-state index in [9.17, 15) is 66.8 Å². The molecular weight excluding hydrogens is 889 g/mol. The highest BCUT2D eigenvalue weighted by atomic mass is 32.2. The van der Waals surface area contributed by atoms with E-state index in [1.165, 1.54) is 56.0 Å². The first-order chi connectivity index (χ1) is 30.6. The van der Waals surface area contributed by atoms with Crippen LogP contribution in [0.5, 0.6) is 0 Å². The summed E-state index contributed by atoms with van der Waals surface area (Å²) in [5.74, 6) is -1.09. The molecular formula is C36H54N12O14S2. The zero-order valence-electron chi connectivity index (χ0n) is 34.5. The third-order valence-corrected chi connectivity index (χ3v) is 11.0. The van der Waals surface area contributed by atoms with Gasteiger partial charge in [-0.15, -0.1) is 0 Å². The van der Waals surface area contributed by atoms with E-state index in [-0.39, 0.29) is 106 Å². The number of hydrogen-bond acceptors (Lipinski definition) is 24. The number of benzene rings is 1. The van der Waals surface area contributed by atoms with Gasteiger partial charge in [-0.1, -0.05) is 36.4 Å². The van der Waals surface area contributed by atoms with E-state index >= 15 is 0 Å². The summed E-state index contributed by atoms with van der Waals surface area (Å²) >= 11 is 0. The summed E-state index contributed by atoms with van der Waals surface area (Å²) in [7, 11) is -9.91. The molecule has 12 N–H and O–H groups in total. The Morgan fingerprint density at radius 1 is 0.531 bits per heavy atom. The maximum atomic E-state index is 13.3. The number of aliphatic hydroxyl groups excluding tert-OH is 8. The van der Waals surface area contributed by atoms with Crippen LogP contribution in [-0.4, -0.2) is 208 Å². The van der Waals surface area contributed by atoms with E-state index in [1.54, 1.807) is 0 Å². The topological polar surface area (TPSA) is 385 Å². The van der Waals surface area contributed by atoms with Gasteiger partial charge in [-0.2, -0.15) is 46.7 Å². The van der Waals surface area contributed by atoms with Crippen molar-refractivity contribution < 1.29 is 66.8 Å². The van der Waals surface area contributed by atoms with E-state index in [2.05, 4.69) is 40.5 Å². The minimum atomic E-state index is -5.19. The predicted molar refractivity (Wildman–Crippen MR) is 233 cm³/mol. The first-order valence-corrected chi connectivity index (χ1v) is 22.6. The Balaban J connectivity index is 2.04. The van der Waals surface area contributed by atoms with Crippen LogP contribution in [0.4, 0.5) is 35.7 Å². The van der Waals surface area contributed by atoms with Crippen molar-refractivity contribution in [3.63, 3.8) is 0 Å². The Hall–Kier alpha value is -5.24. The first-order valence-electron chi connectivity index (χ1n) is 19.7. The van der Waals surface area contributed by atoms with Crippen LogP contribution in [0.1, 0.15) is 12.0 Å². The maximum Gasteiger partial charge on any atom is 0.295 e. The lowest BCUT2D eigenvalue weighted by Gasteiger charge is -2.36. The number of aromatic nitrogens is 6. The molecule has 0 spiro atoms. The molecule has 0 amide bonds. The molecule has 1 aliphatic rings. The van der Waals surface area contributed by atoms with Crippen molar-refractivity contribution in [3.8, 4) is 0 Å². The summed E-state index contributed by atoms with van der Waals surface area (Å²) in [6.45, 7) is -3.85. The van der Waals surface area contributed by atoms with Gasteiger partial charge in [0.15, 0.2) is 0 Å². The third kappa shape index (κ3) is 14.1. The molecule has 354 valence electrons. The second-order valence-electron chi connectivity index (χ2n) is 13.7. The minimum absolute atomic E-state index is 0.0274. The minimum Gasteiger partial charge on any atom is -0.395 e. The summed E-state index contributed by atoms with van der Waals surface area (Å²) in [6, 6.07) is 5.32. The molecule has 0 bridgehead atoms. The number of nitrogens with one attached hydrogen (secondary N) is 2. The molecule has 2 aromatic heterocycles. The van der Waals surface area contributed by atoms with E-state index in [1.807, 2.05) is 0 Å². The number of anilines is 6. The standard InChI is InChI=1S/C36H54N12O14S2/c49-17-9-45(10-18-50)32-37-30(38-33(41-32)46(11-19-51)12-20-52)43-36(44-31-39-34(47(13-21-53)14-22-54)42-35(40-31)48(15-23-55)16-24-56)8-7-27(29(25-36)64(60,61)62)6-5-26-3-1-2-4-28(26)63(57,58)59/h1-7,25,49-56H,8-24H2,(H,57,58,59)(H,60,61,62)(H,37,38,41,43)(H,39,40,42,44)/b6-5+. The van der Waals surface area contributed by atoms with Gasteiger partial charge in [-0.05, 0) is 23.3 Å². The van der Waals surface area contributed by atoms with Crippen molar-refractivity contribution in [2.24, 2.45) is 0 Å². The molecule has 64 heavy (non-hydrogen) atoms. The molecule has 0 atom stereocenters. The fourth-order valence-corrected chi connectivity index (χ4v) is 7.83. The molecule has 0 unspecified atom stereocenters. The van der Waals surface area contributed by atoms with Crippen molar-refractivity contribution in [1.29, 1.82) is 0 Å². The largest absolute Gasteiger partial charge is 0.395 e. The molecule has 0 radical (unpaired) electrons. The molecule has 26 nitrogen and oxygen atoms in total. The molecule has 0 saturated carbocycles. The predicted octanol–water partition coefficient (Wildman–Crippen LogP) is -3.50. The van der Waals surface area contributed by atoms with Crippen molar-refractivity contribution in [2.75, 3.05) is 135 Å². The van der Waals surface area contributed by atoms with Gasteiger partial charge < -0.3 is 71.1 Å². The van der Waals surface area contributed by atoms with Crippen molar-refractivity contribution in [3.05, 3.63) is 58.5 Å². The highest BCUT2D eigenvalue weighted by Gasteiger charge is 2.37. The molecule has 0 aliphatic heterocycles. The van der Waals surface area contributed by atoms with Crippen LogP contribution < -0.4 is 30.2 Å². The normalized spacial score (nSPS) is 14.0. The molecule has 4 rings (SSSR count). The third-order valence-electron chi connectivity index (χ3n) is 9.21. The van der Waals surface area contributed by atoms with Crippen molar-refractivity contribution in [2.45, 2.75) is 17.0 Å². The molecule has 28 heteroatoms.